The van der Waals surface area contributed by atoms with Crippen molar-refractivity contribution in [2.45, 2.75) is 18.9 Å². The molecule has 0 radical (unpaired) electrons. The number of H-pyrrole nitrogens is 1. The zero-order chi connectivity index (χ0) is 24.8. The number of carbonyl (C=O) groups excluding carboxylic acids is 1. The van der Waals surface area contributed by atoms with Gasteiger partial charge in [0.05, 0.1) is 6.61 Å². The summed E-state index contributed by atoms with van der Waals surface area (Å²) in [5.74, 6) is 6.50. The predicted octanol–water partition coefficient (Wildman–Crippen LogP) is 4.47. The molecular formula is C26H30ClN5O3. The number of nitrogens with two attached hydrogens (primary N) is 2. The molecule has 1 atom stereocenters. The quantitative estimate of drug-likeness (QED) is 0.175. The molecule has 1 aliphatic rings. The maximum absolute atomic E-state index is 12.9. The highest BCUT2D eigenvalue weighted by molar-refractivity contribution is 6.31. The second kappa shape index (κ2) is 11.2. The Morgan fingerprint density at radius 1 is 1.29 bits per heavy atom. The lowest BCUT2D eigenvalue weighted by atomic mass is 9.92. The second-order valence-corrected chi connectivity index (χ2v) is 8.71. The molecule has 0 aliphatic carbocycles. The molecule has 0 bridgehead atoms. The maximum atomic E-state index is 12.9. The maximum Gasteiger partial charge on any atom is 0.410 e. The molecule has 3 aromatic rings. The Morgan fingerprint density at radius 2 is 2.09 bits per heavy atom. The number of ether oxygens (including phenoxy) is 2. The van der Waals surface area contributed by atoms with E-state index >= 15 is 0 Å². The Bertz CT molecular complexity index is 1210. The molecule has 35 heavy (non-hydrogen) atoms. The number of hydrazine groups is 1. The normalized spacial score (nSPS) is 15.3. The molecule has 184 valence electrons. The van der Waals surface area contributed by atoms with E-state index in [9.17, 15) is 4.79 Å². The van der Waals surface area contributed by atoms with Crippen LogP contribution in [0.5, 0.6) is 5.75 Å². The smallest absolute Gasteiger partial charge is 0.410 e. The fourth-order valence-corrected chi connectivity index (χ4v) is 4.56. The van der Waals surface area contributed by atoms with E-state index in [1.807, 2.05) is 42.5 Å². The molecule has 8 nitrogen and oxygen atoms in total. The Morgan fingerprint density at radius 3 is 2.83 bits per heavy atom. The number of rotatable bonds is 9. The van der Waals surface area contributed by atoms with Crippen molar-refractivity contribution in [3.05, 3.63) is 89.4 Å². The van der Waals surface area contributed by atoms with E-state index in [0.717, 1.165) is 34.3 Å². The number of hydrogen-bond acceptors (Lipinski definition) is 6. The first-order chi connectivity index (χ1) is 17.0. The molecule has 9 heteroatoms. The Kier molecular flexibility index (Phi) is 7.84. The summed E-state index contributed by atoms with van der Waals surface area (Å²) in [6, 6.07) is 13.3. The molecule has 2 aromatic carbocycles. The highest BCUT2D eigenvalue weighted by atomic mass is 35.5. The molecule has 0 fully saturated rings. The van der Waals surface area contributed by atoms with Crippen LogP contribution in [-0.4, -0.2) is 47.3 Å². The first-order valence-electron chi connectivity index (χ1n) is 11.5. The summed E-state index contributed by atoms with van der Waals surface area (Å²) in [5, 5.41) is 3.28. The van der Waals surface area contributed by atoms with Crippen LogP contribution >= 0.6 is 11.6 Å². The van der Waals surface area contributed by atoms with Crippen LogP contribution in [0, 0.1) is 0 Å². The number of halogens is 1. The first-order valence-corrected chi connectivity index (χ1v) is 11.9. The summed E-state index contributed by atoms with van der Waals surface area (Å²) in [7, 11) is 0. The lowest BCUT2D eigenvalue weighted by molar-refractivity contribution is 0.0979. The molecule has 4 rings (SSSR count). The van der Waals surface area contributed by atoms with E-state index in [1.165, 1.54) is 16.8 Å². The first kappa shape index (κ1) is 24.5. The van der Waals surface area contributed by atoms with Crippen molar-refractivity contribution in [2.24, 2.45) is 11.6 Å². The summed E-state index contributed by atoms with van der Waals surface area (Å²) in [6.07, 6.45) is 5.64. The minimum atomic E-state index is -0.379. The average Bonchev–Trinajstić information content (AvgIpc) is 3.23. The van der Waals surface area contributed by atoms with Crippen molar-refractivity contribution in [3.63, 3.8) is 0 Å². The van der Waals surface area contributed by atoms with Gasteiger partial charge in [-0.15, -0.1) is 0 Å². The van der Waals surface area contributed by atoms with Gasteiger partial charge in [0.15, 0.2) is 0 Å². The van der Waals surface area contributed by atoms with Crippen LogP contribution in [0.15, 0.2) is 67.5 Å². The van der Waals surface area contributed by atoms with E-state index in [2.05, 4.69) is 11.6 Å². The number of amides is 1. The van der Waals surface area contributed by atoms with E-state index in [4.69, 9.17) is 32.7 Å². The van der Waals surface area contributed by atoms with Gasteiger partial charge < -0.3 is 25.2 Å². The van der Waals surface area contributed by atoms with Gasteiger partial charge in [-0.05, 0) is 47.9 Å². The van der Waals surface area contributed by atoms with Gasteiger partial charge in [0.2, 0.25) is 0 Å². The van der Waals surface area contributed by atoms with Gasteiger partial charge in [0, 0.05) is 53.5 Å². The van der Waals surface area contributed by atoms with Crippen molar-refractivity contribution >= 4 is 28.6 Å². The summed E-state index contributed by atoms with van der Waals surface area (Å²) < 4.78 is 11.3. The topological polar surface area (TPSA) is 110 Å². The molecular weight excluding hydrogens is 466 g/mol. The van der Waals surface area contributed by atoms with Gasteiger partial charge in [-0.1, -0.05) is 36.4 Å². The highest BCUT2D eigenvalue weighted by Gasteiger charge is 2.35. The third kappa shape index (κ3) is 5.55. The van der Waals surface area contributed by atoms with E-state index < -0.39 is 0 Å². The SMILES string of the molecule is C=CCOC(=O)N1CCc2c([nH]c3ccc(Cl)cc23)C1c1ccc(OCCCN(N)/C=C\N)cc1. The van der Waals surface area contributed by atoms with Gasteiger partial charge in [-0.25, -0.2) is 10.6 Å². The van der Waals surface area contributed by atoms with Crippen molar-refractivity contribution < 1.29 is 14.3 Å². The van der Waals surface area contributed by atoms with E-state index in [-0.39, 0.29) is 18.7 Å². The number of fused-ring (bicyclic) bond motifs is 3. The zero-order valence-corrected chi connectivity index (χ0v) is 20.2. The fraction of sp³-hybridized carbons (Fsp3) is 0.269. The fourth-order valence-electron chi connectivity index (χ4n) is 4.39. The Hall–Kier alpha value is -3.62. The standard InChI is InChI=1S/C26H30ClN5O3/c1-2-15-35-26(33)32-13-10-21-22-17-19(27)6-9-23(22)30-24(21)25(32)18-4-7-20(8-5-18)34-16-3-12-31(29)14-11-28/h2,4-9,11,14,17,25,30H,1,3,10,12-13,15-16,28-29H2/b14-11-. The molecule has 1 aliphatic heterocycles. The van der Waals surface area contributed by atoms with Crippen LogP contribution in [0.1, 0.15) is 29.3 Å². The van der Waals surface area contributed by atoms with E-state index in [0.29, 0.717) is 31.1 Å². The molecule has 1 unspecified atom stereocenters. The minimum Gasteiger partial charge on any atom is -0.494 e. The molecule has 0 spiro atoms. The second-order valence-electron chi connectivity index (χ2n) is 8.27. The summed E-state index contributed by atoms with van der Waals surface area (Å²) in [6.45, 7) is 5.47. The third-order valence-corrected chi connectivity index (χ3v) is 6.19. The van der Waals surface area contributed by atoms with Gasteiger partial charge in [-0.2, -0.15) is 0 Å². The van der Waals surface area contributed by atoms with Gasteiger partial charge in [0.25, 0.3) is 0 Å². The average molecular weight is 496 g/mol. The Labute approximate surface area is 209 Å². The van der Waals surface area contributed by atoms with E-state index in [1.54, 1.807) is 17.2 Å². The molecule has 1 aromatic heterocycles. The van der Waals surface area contributed by atoms with Gasteiger partial charge in [0.1, 0.15) is 18.4 Å². The summed E-state index contributed by atoms with van der Waals surface area (Å²) in [5.41, 5.74) is 9.41. The van der Waals surface area contributed by atoms with Crippen LogP contribution in [0.4, 0.5) is 4.79 Å². The van der Waals surface area contributed by atoms with Gasteiger partial charge >= 0.3 is 6.09 Å². The molecule has 1 amide bonds. The molecule has 0 saturated heterocycles. The monoisotopic (exact) mass is 495 g/mol. The number of benzene rings is 2. The number of aromatic amines is 1. The largest absolute Gasteiger partial charge is 0.494 e. The van der Waals surface area contributed by atoms with Crippen LogP contribution in [0.2, 0.25) is 5.02 Å². The van der Waals surface area contributed by atoms with Crippen molar-refractivity contribution in [3.8, 4) is 5.75 Å². The molecule has 5 N–H and O–H groups in total. The molecule has 2 heterocycles. The predicted molar refractivity (Wildman–Crippen MR) is 138 cm³/mol. The Balaban J connectivity index is 1.57. The number of nitrogens with zero attached hydrogens (tertiary/aromatic N) is 2. The van der Waals surface area contributed by atoms with Crippen LogP contribution < -0.4 is 16.3 Å². The summed E-state index contributed by atoms with van der Waals surface area (Å²) >= 11 is 6.27. The number of hydrogen-bond donors (Lipinski definition) is 3. The van der Waals surface area contributed by atoms with Crippen LogP contribution in [0.3, 0.4) is 0 Å². The van der Waals surface area contributed by atoms with Gasteiger partial charge in [-0.3, -0.25) is 4.90 Å². The zero-order valence-electron chi connectivity index (χ0n) is 19.5. The van der Waals surface area contributed by atoms with Crippen LogP contribution in [0.25, 0.3) is 10.9 Å². The van der Waals surface area contributed by atoms with Crippen LogP contribution in [-0.2, 0) is 11.2 Å². The number of carbonyl (C=O) groups is 1. The minimum absolute atomic E-state index is 0.158. The number of nitrogens with one attached hydrogen (secondary N) is 1. The lowest BCUT2D eigenvalue weighted by Gasteiger charge is -2.35. The van der Waals surface area contributed by atoms with Crippen molar-refractivity contribution in [2.75, 3.05) is 26.3 Å². The third-order valence-electron chi connectivity index (χ3n) is 5.95. The summed E-state index contributed by atoms with van der Waals surface area (Å²) in [4.78, 5) is 18.2. The highest BCUT2D eigenvalue weighted by Crippen LogP contribution is 2.39. The molecule has 0 saturated carbocycles. The number of aromatic nitrogens is 1. The lowest BCUT2D eigenvalue weighted by Crippen LogP contribution is -2.41. The van der Waals surface area contributed by atoms with Crippen molar-refractivity contribution in [1.82, 2.24) is 14.9 Å². The van der Waals surface area contributed by atoms with Crippen molar-refractivity contribution in [1.29, 1.82) is 0 Å².